The second-order valence-electron chi connectivity index (χ2n) is 4.96. The van der Waals surface area contributed by atoms with Crippen molar-refractivity contribution in [3.05, 3.63) is 17.6 Å². The molecule has 4 nitrogen and oxygen atoms in total. The number of anilines is 1. The number of aryl methyl sites for hydroxylation is 1. The van der Waals surface area contributed by atoms with Gasteiger partial charge in [0.2, 0.25) is 0 Å². The highest BCUT2D eigenvalue weighted by atomic mass is 15.2. The summed E-state index contributed by atoms with van der Waals surface area (Å²) in [6, 6.07) is 0. The Hall–Kier alpha value is -1.16. The van der Waals surface area contributed by atoms with Crippen LogP contribution < -0.4 is 10.6 Å². The van der Waals surface area contributed by atoms with Gasteiger partial charge in [-0.2, -0.15) is 0 Å². The summed E-state index contributed by atoms with van der Waals surface area (Å²) in [4.78, 5) is 11.3. The summed E-state index contributed by atoms with van der Waals surface area (Å²) in [6.07, 6.45) is 8.86. The molecule has 0 radical (unpaired) electrons. The summed E-state index contributed by atoms with van der Waals surface area (Å²) in [7, 11) is 0. The molecular formula is C14H24N4. The first-order valence-electron chi connectivity index (χ1n) is 7.14. The molecule has 0 aromatic carbocycles. The molecule has 0 unspecified atom stereocenters. The van der Waals surface area contributed by atoms with Crippen molar-refractivity contribution in [2.24, 2.45) is 5.73 Å². The zero-order chi connectivity index (χ0) is 12.8. The summed E-state index contributed by atoms with van der Waals surface area (Å²) in [5.41, 5.74) is 8.35. The van der Waals surface area contributed by atoms with Gasteiger partial charge >= 0.3 is 0 Å². The summed E-state index contributed by atoms with van der Waals surface area (Å²) in [5.74, 6) is 1.14. The minimum Gasteiger partial charge on any atom is -0.355 e. The summed E-state index contributed by atoms with van der Waals surface area (Å²) >= 11 is 0. The molecule has 0 spiro atoms. The average molecular weight is 248 g/mol. The zero-order valence-corrected chi connectivity index (χ0v) is 11.4. The number of nitrogens with two attached hydrogens (primary N) is 1. The number of fused-ring (bicyclic) bond motifs is 1. The Labute approximate surface area is 110 Å². The zero-order valence-electron chi connectivity index (χ0n) is 11.4. The van der Waals surface area contributed by atoms with Crippen molar-refractivity contribution in [1.29, 1.82) is 0 Å². The van der Waals surface area contributed by atoms with Crippen LogP contribution in [-0.2, 0) is 12.8 Å². The Morgan fingerprint density at radius 3 is 2.83 bits per heavy atom. The highest BCUT2D eigenvalue weighted by Gasteiger charge is 2.18. The molecule has 0 fully saturated rings. The van der Waals surface area contributed by atoms with Crippen LogP contribution in [0.2, 0.25) is 0 Å². The van der Waals surface area contributed by atoms with Crippen LogP contribution in [0.25, 0.3) is 0 Å². The summed E-state index contributed by atoms with van der Waals surface area (Å²) < 4.78 is 0. The van der Waals surface area contributed by atoms with Crippen molar-refractivity contribution in [3.63, 3.8) is 0 Å². The number of aromatic nitrogens is 2. The maximum absolute atomic E-state index is 5.73. The van der Waals surface area contributed by atoms with E-state index in [9.17, 15) is 0 Å². The molecule has 4 heteroatoms. The number of hydrogen-bond donors (Lipinski definition) is 1. The predicted molar refractivity (Wildman–Crippen MR) is 74.8 cm³/mol. The van der Waals surface area contributed by atoms with Crippen LogP contribution in [0.4, 0.5) is 5.82 Å². The third-order valence-corrected chi connectivity index (χ3v) is 3.58. The van der Waals surface area contributed by atoms with Gasteiger partial charge in [0.15, 0.2) is 0 Å². The molecule has 1 aromatic heterocycles. The van der Waals surface area contributed by atoms with Crippen LogP contribution in [0, 0.1) is 0 Å². The van der Waals surface area contributed by atoms with Gasteiger partial charge in [-0.25, -0.2) is 9.97 Å². The Kier molecular flexibility index (Phi) is 4.93. The molecule has 0 aliphatic heterocycles. The van der Waals surface area contributed by atoms with Crippen molar-refractivity contribution < 1.29 is 0 Å². The van der Waals surface area contributed by atoms with Crippen molar-refractivity contribution >= 4 is 5.82 Å². The Morgan fingerprint density at radius 2 is 2.06 bits per heavy atom. The van der Waals surface area contributed by atoms with Crippen LogP contribution in [0.1, 0.15) is 43.9 Å². The fraction of sp³-hybridized carbons (Fsp3) is 0.714. The SMILES string of the molecule is CCCCN(CCN)c1ncnc2c1CCCC2. The number of unbranched alkanes of at least 4 members (excludes halogenated alkanes) is 1. The van der Waals surface area contributed by atoms with Gasteiger partial charge in [0, 0.05) is 30.9 Å². The first kappa shape index (κ1) is 13.3. The molecule has 1 heterocycles. The number of hydrogen-bond acceptors (Lipinski definition) is 4. The van der Waals surface area contributed by atoms with Crippen LogP contribution in [0.3, 0.4) is 0 Å². The fourth-order valence-electron chi connectivity index (χ4n) is 2.60. The molecular weight excluding hydrogens is 224 g/mol. The molecule has 0 bridgehead atoms. The molecule has 100 valence electrons. The first-order chi connectivity index (χ1) is 8.86. The lowest BCUT2D eigenvalue weighted by Gasteiger charge is -2.27. The number of nitrogens with zero attached hydrogens (tertiary/aromatic N) is 3. The van der Waals surface area contributed by atoms with Crippen LogP contribution in [0.5, 0.6) is 0 Å². The third-order valence-electron chi connectivity index (χ3n) is 3.58. The average Bonchev–Trinajstić information content (AvgIpc) is 2.43. The second kappa shape index (κ2) is 6.69. The minimum absolute atomic E-state index is 0.683. The molecule has 1 aromatic rings. The minimum atomic E-state index is 0.683. The lowest BCUT2D eigenvalue weighted by atomic mass is 9.96. The van der Waals surface area contributed by atoms with Gasteiger partial charge in [-0.1, -0.05) is 13.3 Å². The van der Waals surface area contributed by atoms with Gasteiger partial charge in [-0.05, 0) is 32.1 Å². The van der Waals surface area contributed by atoms with Crippen molar-refractivity contribution in [2.45, 2.75) is 45.4 Å². The van der Waals surface area contributed by atoms with Crippen molar-refractivity contribution in [2.75, 3.05) is 24.5 Å². The molecule has 0 saturated heterocycles. The van der Waals surface area contributed by atoms with Gasteiger partial charge in [-0.3, -0.25) is 0 Å². The summed E-state index contributed by atoms with van der Waals surface area (Å²) in [5, 5.41) is 0. The van der Waals surface area contributed by atoms with E-state index in [1.165, 1.54) is 36.9 Å². The van der Waals surface area contributed by atoms with Crippen LogP contribution in [0.15, 0.2) is 6.33 Å². The fourth-order valence-corrected chi connectivity index (χ4v) is 2.60. The standard InChI is InChI=1S/C14H24N4/c1-2-3-9-18(10-8-15)14-12-6-4-5-7-13(12)16-11-17-14/h11H,2-10,15H2,1H3. The quantitative estimate of drug-likeness (QED) is 0.835. The molecule has 2 rings (SSSR count). The molecule has 0 amide bonds. The number of rotatable bonds is 6. The Morgan fingerprint density at radius 1 is 1.22 bits per heavy atom. The van der Waals surface area contributed by atoms with E-state index in [0.29, 0.717) is 6.54 Å². The highest BCUT2D eigenvalue weighted by molar-refractivity contribution is 5.49. The third kappa shape index (κ3) is 2.99. The Bertz CT molecular complexity index is 378. The predicted octanol–water partition coefficient (Wildman–Crippen LogP) is 1.92. The summed E-state index contributed by atoms with van der Waals surface area (Å²) in [6.45, 7) is 4.85. The van der Waals surface area contributed by atoms with Gasteiger partial charge < -0.3 is 10.6 Å². The maximum atomic E-state index is 5.73. The van der Waals surface area contributed by atoms with E-state index in [2.05, 4.69) is 21.8 Å². The lowest BCUT2D eigenvalue weighted by Crippen LogP contribution is -2.32. The molecule has 1 aliphatic carbocycles. The molecule has 0 saturated carbocycles. The Balaban J connectivity index is 2.22. The second-order valence-corrected chi connectivity index (χ2v) is 4.96. The first-order valence-corrected chi connectivity index (χ1v) is 7.14. The van der Waals surface area contributed by atoms with Gasteiger partial charge in [0.1, 0.15) is 12.1 Å². The van der Waals surface area contributed by atoms with E-state index in [1.807, 2.05) is 0 Å². The van der Waals surface area contributed by atoms with E-state index >= 15 is 0 Å². The van der Waals surface area contributed by atoms with Crippen molar-refractivity contribution in [1.82, 2.24) is 9.97 Å². The van der Waals surface area contributed by atoms with Gasteiger partial charge in [0.25, 0.3) is 0 Å². The largest absolute Gasteiger partial charge is 0.355 e. The normalized spacial score (nSPS) is 14.3. The van der Waals surface area contributed by atoms with Crippen molar-refractivity contribution in [3.8, 4) is 0 Å². The maximum Gasteiger partial charge on any atom is 0.135 e. The van der Waals surface area contributed by atoms with E-state index in [1.54, 1.807) is 6.33 Å². The molecule has 2 N–H and O–H groups in total. The lowest BCUT2D eigenvalue weighted by molar-refractivity contribution is 0.646. The topological polar surface area (TPSA) is 55.0 Å². The smallest absolute Gasteiger partial charge is 0.135 e. The van der Waals surface area contributed by atoms with E-state index in [0.717, 1.165) is 31.7 Å². The monoisotopic (exact) mass is 248 g/mol. The van der Waals surface area contributed by atoms with Crippen LogP contribution in [-0.4, -0.2) is 29.6 Å². The van der Waals surface area contributed by atoms with E-state index < -0.39 is 0 Å². The van der Waals surface area contributed by atoms with Gasteiger partial charge in [0.05, 0.1) is 0 Å². The molecule has 1 aliphatic rings. The molecule has 0 atom stereocenters. The van der Waals surface area contributed by atoms with E-state index in [-0.39, 0.29) is 0 Å². The van der Waals surface area contributed by atoms with E-state index in [4.69, 9.17) is 5.73 Å². The molecule has 18 heavy (non-hydrogen) atoms. The van der Waals surface area contributed by atoms with Gasteiger partial charge in [-0.15, -0.1) is 0 Å². The highest BCUT2D eigenvalue weighted by Crippen LogP contribution is 2.27. The van der Waals surface area contributed by atoms with Crippen LogP contribution >= 0.6 is 0 Å².